The third-order valence-corrected chi connectivity index (χ3v) is 6.79. The first-order chi connectivity index (χ1) is 13.7. The fourth-order valence-corrected chi connectivity index (χ4v) is 4.93. The van der Waals surface area contributed by atoms with Gasteiger partial charge in [-0.25, -0.2) is 13.2 Å². The molecular weight excluding hydrogens is 390 g/mol. The summed E-state index contributed by atoms with van der Waals surface area (Å²) in [4.78, 5) is 16.1. The van der Waals surface area contributed by atoms with Crippen LogP contribution in [0.2, 0.25) is 0 Å². The second kappa shape index (κ2) is 8.42. The lowest BCUT2D eigenvalue weighted by atomic mass is 10.1. The summed E-state index contributed by atoms with van der Waals surface area (Å²) in [6.07, 6.45) is 0. The Kier molecular flexibility index (Phi) is 6.14. The zero-order chi connectivity index (χ0) is 21.2. The van der Waals surface area contributed by atoms with Gasteiger partial charge >= 0.3 is 5.97 Å². The Morgan fingerprint density at radius 3 is 2.34 bits per heavy atom. The average molecular weight is 418 g/mol. The second-order valence-corrected chi connectivity index (χ2v) is 8.98. The number of sulfonamides is 1. The Morgan fingerprint density at radius 1 is 1.07 bits per heavy atom. The fraction of sp³-hybridized carbons (Fsp3) is 0.381. The summed E-state index contributed by atoms with van der Waals surface area (Å²) in [5, 5.41) is 9.37. The third kappa shape index (κ3) is 4.71. The number of nitrogens with one attached hydrogen (secondary N) is 1. The van der Waals surface area contributed by atoms with E-state index in [0.29, 0.717) is 11.3 Å². The highest BCUT2D eigenvalue weighted by Crippen LogP contribution is 2.31. The summed E-state index contributed by atoms with van der Waals surface area (Å²) in [5.74, 6) is -1.10. The van der Waals surface area contributed by atoms with Crippen LogP contribution in [0.3, 0.4) is 0 Å². The molecule has 0 bridgehead atoms. The van der Waals surface area contributed by atoms with Crippen molar-refractivity contribution >= 4 is 27.4 Å². The molecule has 0 saturated carbocycles. The Labute approximate surface area is 172 Å². The Bertz CT molecular complexity index is 1010. The molecule has 29 heavy (non-hydrogen) atoms. The molecule has 0 aromatic heterocycles. The molecule has 3 rings (SSSR count). The maximum Gasteiger partial charge on any atom is 0.335 e. The number of likely N-dealkylation sites (N-methyl/N-ethyl adjacent to an activating group) is 1. The molecule has 156 valence electrons. The lowest BCUT2D eigenvalue weighted by Crippen LogP contribution is -2.46. The number of carboxylic acids is 1. The number of nitrogens with zero attached hydrogens (tertiary/aromatic N) is 2. The predicted molar refractivity (Wildman–Crippen MR) is 114 cm³/mol. The molecule has 8 heteroatoms. The van der Waals surface area contributed by atoms with Gasteiger partial charge in [0.1, 0.15) is 0 Å². The van der Waals surface area contributed by atoms with E-state index < -0.39 is 16.0 Å². The van der Waals surface area contributed by atoms with E-state index in [1.165, 1.54) is 12.1 Å². The molecule has 7 nitrogen and oxygen atoms in total. The summed E-state index contributed by atoms with van der Waals surface area (Å²) in [5.41, 5.74) is 2.64. The van der Waals surface area contributed by atoms with Gasteiger partial charge in [-0.1, -0.05) is 24.6 Å². The van der Waals surface area contributed by atoms with E-state index in [0.717, 1.165) is 38.3 Å². The summed E-state index contributed by atoms with van der Waals surface area (Å²) in [6, 6.07) is 9.73. The van der Waals surface area contributed by atoms with Crippen molar-refractivity contribution in [2.24, 2.45) is 0 Å². The van der Waals surface area contributed by atoms with E-state index in [1.54, 1.807) is 25.1 Å². The van der Waals surface area contributed by atoms with Crippen molar-refractivity contribution < 1.29 is 18.3 Å². The lowest BCUT2D eigenvalue weighted by molar-refractivity contribution is 0.0697. The summed E-state index contributed by atoms with van der Waals surface area (Å²) < 4.78 is 28.8. The van der Waals surface area contributed by atoms with Gasteiger partial charge in [0.15, 0.2) is 0 Å². The molecule has 2 aromatic carbocycles. The smallest absolute Gasteiger partial charge is 0.335 e. The normalized spacial score (nSPS) is 15.3. The Morgan fingerprint density at radius 2 is 1.76 bits per heavy atom. The number of hydrogen-bond donors (Lipinski definition) is 2. The minimum absolute atomic E-state index is 0.0410. The minimum Gasteiger partial charge on any atom is -0.478 e. The van der Waals surface area contributed by atoms with E-state index in [2.05, 4.69) is 21.4 Å². The SMILES string of the molecule is CCN1CCN(c2ccc(C(=O)O)cc2NS(=O)(=O)c2ccc(C)cc2C)CC1. The summed E-state index contributed by atoms with van der Waals surface area (Å²) in [6.45, 7) is 9.98. The topological polar surface area (TPSA) is 89.9 Å². The van der Waals surface area contributed by atoms with E-state index in [4.69, 9.17) is 0 Å². The van der Waals surface area contributed by atoms with E-state index in [9.17, 15) is 18.3 Å². The van der Waals surface area contributed by atoms with Crippen LogP contribution >= 0.6 is 0 Å². The number of rotatable bonds is 6. The van der Waals surface area contributed by atoms with Gasteiger partial charge in [-0.2, -0.15) is 0 Å². The molecule has 2 aromatic rings. The van der Waals surface area contributed by atoms with Gasteiger partial charge < -0.3 is 14.9 Å². The molecule has 0 amide bonds. The highest BCUT2D eigenvalue weighted by Gasteiger charge is 2.23. The van der Waals surface area contributed by atoms with Crippen molar-refractivity contribution in [3.05, 3.63) is 53.1 Å². The van der Waals surface area contributed by atoms with Crippen molar-refractivity contribution in [3.8, 4) is 0 Å². The van der Waals surface area contributed by atoms with Gasteiger partial charge in [0.25, 0.3) is 10.0 Å². The van der Waals surface area contributed by atoms with Crippen LogP contribution < -0.4 is 9.62 Å². The first kappa shape index (κ1) is 21.1. The zero-order valence-corrected chi connectivity index (χ0v) is 17.8. The number of hydrogen-bond acceptors (Lipinski definition) is 5. The minimum atomic E-state index is -3.86. The summed E-state index contributed by atoms with van der Waals surface area (Å²) in [7, 11) is -3.86. The third-order valence-electron chi connectivity index (χ3n) is 5.27. The average Bonchev–Trinajstić information content (AvgIpc) is 2.67. The number of carboxylic acid groups (broad SMARTS) is 1. The molecule has 0 radical (unpaired) electrons. The van der Waals surface area contributed by atoms with Gasteiger partial charge in [0.2, 0.25) is 0 Å². The van der Waals surface area contributed by atoms with Crippen LogP contribution in [0.4, 0.5) is 11.4 Å². The number of aromatic carboxylic acids is 1. The maximum atomic E-state index is 13.1. The first-order valence-corrected chi connectivity index (χ1v) is 11.1. The number of piperazine rings is 1. The number of benzene rings is 2. The monoisotopic (exact) mass is 417 g/mol. The molecule has 0 unspecified atom stereocenters. The van der Waals surface area contributed by atoms with Crippen LogP contribution in [0.5, 0.6) is 0 Å². The van der Waals surface area contributed by atoms with Gasteiger partial charge in [-0.05, 0) is 50.2 Å². The molecule has 1 heterocycles. The Hall–Kier alpha value is -2.58. The molecule has 0 aliphatic carbocycles. The Balaban J connectivity index is 1.98. The zero-order valence-electron chi connectivity index (χ0n) is 17.0. The van der Waals surface area contributed by atoms with Crippen LogP contribution in [0.15, 0.2) is 41.3 Å². The number of anilines is 2. The van der Waals surface area contributed by atoms with E-state index in [1.807, 2.05) is 13.0 Å². The summed E-state index contributed by atoms with van der Waals surface area (Å²) >= 11 is 0. The maximum absolute atomic E-state index is 13.1. The molecule has 0 spiro atoms. The van der Waals surface area contributed by atoms with Crippen LogP contribution in [0.25, 0.3) is 0 Å². The van der Waals surface area contributed by atoms with Crippen molar-refractivity contribution in [1.82, 2.24) is 4.90 Å². The standard InChI is InChI=1S/C21H27N3O4S/c1-4-23-9-11-24(12-10-23)19-7-6-17(21(25)26)14-18(19)22-29(27,28)20-8-5-15(2)13-16(20)3/h5-8,13-14,22H,4,9-12H2,1-3H3,(H,25,26). The van der Waals surface area contributed by atoms with Crippen LogP contribution in [-0.2, 0) is 10.0 Å². The van der Waals surface area contributed by atoms with Gasteiger partial charge in [-0.15, -0.1) is 0 Å². The van der Waals surface area contributed by atoms with Crippen LogP contribution in [-0.4, -0.2) is 57.1 Å². The molecule has 1 aliphatic heterocycles. The first-order valence-electron chi connectivity index (χ1n) is 9.66. The van der Waals surface area contributed by atoms with Crippen molar-refractivity contribution in [2.75, 3.05) is 42.3 Å². The molecule has 2 N–H and O–H groups in total. The van der Waals surface area contributed by atoms with Crippen molar-refractivity contribution in [3.63, 3.8) is 0 Å². The lowest BCUT2D eigenvalue weighted by Gasteiger charge is -2.36. The molecule has 1 fully saturated rings. The second-order valence-electron chi connectivity index (χ2n) is 7.33. The largest absolute Gasteiger partial charge is 0.478 e. The van der Waals surface area contributed by atoms with Crippen molar-refractivity contribution in [2.45, 2.75) is 25.7 Å². The van der Waals surface area contributed by atoms with Crippen LogP contribution in [0, 0.1) is 13.8 Å². The predicted octanol–water partition coefficient (Wildman–Crippen LogP) is 2.94. The molecule has 1 aliphatic rings. The molecular formula is C21H27N3O4S. The van der Waals surface area contributed by atoms with E-state index >= 15 is 0 Å². The van der Waals surface area contributed by atoms with Gasteiger partial charge in [-0.3, -0.25) is 4.72 Å². The van der Waals surface area contributed by atoms with Crippen LogP contribution in [0.1, 0.15) is 28.4 Å². The van der Waals surface area contributed by atoms with E-state index in [-0.39, 0.29) is 16.1 Å². The number of aryl methyl sites for hydroxylation is 2. The molecule has 0 atom stereocenters. The molecule has 1 saturated heterocycles. The fourth-order valence-electron chi connectivity index (χ4n) is 3.63. The quantitative estimate of drug-likeness (QED) is 0.751. The highest BCUT2D eigenvalue weighted by atomic mass is 32.2. The highest BCUT2D eigenvalue weighted by molar-refractivity contribution is 7.92. The van der Waals surface area contributed by atoms with Gasteiger partial charge in [0.05, 0.1) is 21.8 Å². The number of carbonyl (C=O) groups is 1. The van der Waals surface area contributed by atoms with Crippen molar-refractivity contribution in [1.29, 1.82) is 0 Å². The van der Waals surface area contributed by atoms with Gasteiger partial charge in [0, 0.05) is 26.2 Å².